The molecule has 0 aromatic carbocycles. The molecule has 0 atom stereocenters. The van der Waals surface area contributed by atoms with E-state index in [-0.39, 0.29) is 5.91 Å². The van der Waals surface area contributed by atoms with E-state index >= 15 is 0 Å². The summed E-state index contributed by atoms with van der Waals surface area (Å²) in [6, 6.07) is 3.64. The summed E-state index contributed by atoms with van der Waals surface area (Å²) in [5.74, 6) is -0.00694. The van der Waals surface area contributed by atoms with Gasteiger partial charge in [0.15, 0.2) is 0 Å². The predicted molar refractivity (Wildman–Crippen MR) is 39.9 cm³/mol. The SMILES string of the molecule is C/C=C/C(=O)n1cccc1. The van der Waals surface area contributed by atoms with Crippen LogP contribution in [0.4, 0.5) is 0 Å². The molecule has 1 aromatic rings. The van der Waals surface area contributed by atoms with Gasteiger partial charge in [-0.2, -0.15) is 0 Å². The first-order chi connectivity index (χ1) is 4.84. The smallest absolute Gasteiger partial charge is 0.254 e. The second-order valence-electron chi connectivity index (χ2n) is 1.93. The van der Waals surface area contributed by atoms with Crippen LogP contribution in [-0.4, -0.2) is 10.5 Å². The number of nitrogens with zero attached hydrogens (tertiary/aromatic N) is 1. The van der Waals surface area contributed by atoms with Crippen LogP contribution >= 0.6 is 0 Å². The summed E-state index contributed by atoms with van der Waals surface area (Å²) in [4.78, 5) is 11.0. The minimum atomic E-state index is -0.00694. The molecule has 0 fully saturated rings. The van der Waals surface area contributed by atoms with Crippen LogP contribution in [0.5, 0.6) is 0 Å². The topological polar surface area (TPSA) is 22.0 Å². The fourth-order valence-corrected chi connectivity index (χ4v) is 0.710. The summed E-state index contributed by atoms with van der Waals surface area (Å²) in [7, 11) is 0. The van der Waals surface area contributed by atoms with Gasteiger partial charge in [-0.15, -0.1) is 0 Å². The van der Waals surface area contributed by atoms with Gasteiger partial charge in [0.1, 0.15) is 0 Å². The second kappa shape index (κ2) is 3.01. The molecule has 0 saturated carbocycles. The van der Waals surface area contributed by atoms with Crippen molar-refractivity contribution in [3.05, 3.63) is 36.7 Å². The van der Waals surface area contributed by atoms with Crippen molar-refractivity contribution in [2.75, 3.05) is 0 Å². The lowest BCUT2D eigenvalue weighted by Gasteiger charge is -1.91. The normalized spacial score (nSPS) is 10.5. The van der Waals surface area contributed by atoms with E-state index in [2.05, 4.69) is 0 Å². The highest BCUT2D eigenvalue weighted by atomic mass is 16.1. The van der Waals surface area contributed by atoms with Gasteiger partial charge in [-0.25, -0.2) is 0 Å². The molecule has 0 bridgehead atoms. The minimum Gasteiger partial charge on any atom is -0.291 e. The van der Waals surface area contributed by atoms with Crippen molar-refractivity contribution in [1.82, 2.24) is 4.57 Å². The van der Waals surface area contributed by atoms with Crippen LogP contribution in [0.25, 0.3) is 0 Å². The van der Waals surface area contributed by atoms with Crippen molar-refractivity contribution < 1.29 is 4.79 Å². The Morgan fingerprint density at radius 1 is 1.40 bits per heavy atom. The van der Waals surface area contributed by atoms with Crippen molar-refractivity contribution in [1.29, 1.82) is 0 Å². The van der Waals surface area contributed by atoms with Gasteiger partial charge in [0.25, 0.3) is 5.91 Å². The van der Waals surface area contributed by atoms with Gasteiger partial charge in [-0.05, 0) is 25.1 Å². The van der Waals surface area contributed by atoms with E-state index in [1.807, 2.05) is 19.1 Å². The molecule has 10 heavy (non-hydrogen) atoms. The number of aromatic nitrogens is 1. The van der Waals surface area contributed by atoms with Gasteiger partial charge in [-0.1, -0.05) is 6.08 Å². The third-order valence-corrected chi connectivity index (χ3v) is 1.17. The van der Waals surface area contributed by atoms with Crippen LogP contribution < -0.4 is 0 Å². The van der Waals surface area contributed by atoms with Gasteiger partial charge in [0.2, 0.25) is 0 Å². The molecule has 1 rings (SSSR count). The first-order valence-electron chi connectivity index (χ1n) is 3.14. The quantitative estimate of drug-likeness (QED) is 0.537. The Labute approximate surface area is 59.8 Å². The van der Waals surface area contributed by atoms with Crippen LogP contribution in [0.15, 0.2) is 36.7 Å². The fraction of sp³-hybridized carbons (Fsp3) is 0.125. The Bertz CT molecular complexity index is 234. The lowest BCUT2D eigenvalue weighted by Crippen LogP contribution is -2.02. The van der Waals surface area contributed by atoms with Crippen LogP contribution in [0.1, 0.15) is 11.7 Å². The largest absolute Gasteiger partial charge is 0.291 e. The van der Waals surface area contributed by atoms with Crippen LogP contribution in [0.3, 0.4) is 0 Å². The molecule has 0 aliphatic carbocycles. The van der Waals surface area contributed by atoms with Crippen LogP contribution in [0.2, 0.25) is 0 Å². The highest BCUT2D eigenvalue weighted by Crippen LogP contribution is 1.90. The third-order valence-electron chi connectivity index (χ3n) is 1.17. The monoisotopic (exact) mass is 135 g/mol. The van der Waals surface area contributed by atoms with Gasteiger partial charge in [-0.3, -0.25) is 9.36 Å². The average molecular weight is 135 g/mol. The number of allylic oxidation sites excluding steroid dienone is 2. The summed E-state index contributed by atoms with van der Waals surface area (Å²) in [5, 5.41) is 0. The van der Waals surface area contributed by atoms with Crippen molar-refractivity contribution in [2.45, 2.75) is 6.92 Å². The molecule has 0 aliphatic heterocycles. The first-order valence-corrected chi connectivity index (χ1v) is 3.14. The number of hydrogen-bond acceptors (Lipinski definition) is 1. The zero-order valence-corrected chi connectivity index (χ0v) is 5.82. The number of carbonyl (C=O) groups excluding carboxylic acids is 1. The van der Waals surface area contributed by atoms with Crippen molar-refractivity contribution in [3.8, 4) is 0 Å². The second-order valence-corrected chi connectivity index (χ2v) is 1.93. The van der Waals surface area contributed by atoms with E-state index in [4.69, 9.17) is 0 Å². The van der Waals surface area contributed by atoms with Crippen molar-refractivity contribution >= 4 is 5.91 Å². The number of rotatable bonds is 1. The molecule has 1 heterocycles. The van der Waals surface area contributed by atoms with Crippen LogP contribution in [-0.2, 0) is 0 Å². The van der Waals surface area contributed by atoms with E-state index in [1.54, 1.807) is 18.5 Å². The maximum Gasteiger partial charge on any atom is 0.254 e. The standard InChI is InChI=1S/C8H9NO/c1-2-5-8(10)9-6-3-4-7-9/h2-7H,1H3/b5-2+. The average Bonchev–Trinajstić information content (AvgIpc) is 2.38. The predicted octanol–water partition coefficient (Wildman–Crippen LogP) is 1.70. The third kappa shape index (κ3) is 1.35. The summed E-state index contributed by atoms with van der Waals surface area (Å²) in [5.41, 5.74) is 0. The molecule has 0 saturated heterocycles. The zero-order chi connectivity index (χ0) is 7.40. The molecule has 0 aliphatic rings. The van der Waals surface area contributed by atoms with Crippen molar-refractivity contribution in [2.24, 2.45) is 0 Å². The van der Waals surface area contributed by atoms with E-state index in [0.29, 0.717) is 0 Å². The Hall–Kier alpha value is -1.31. The summed E-state index contributed by atoms with van der Waals surface area (Å²) in [6.45, 7) is 1.82. The van der Waals surface area contributed by atoms with Gasteiger partial charge in [0, 0.05) is 12.4 Å². The van der Waals surface area contributed by atoms with Gasteiger partial charge >= 0.3 is 0 Å². The maximum atomic E-state index is 11.0. The van der Waals surface area contributed by atoms with Gasteiger partial charge < -0.3 is 0 Å². The molecule has 2 heteroatoms. The number of carbonyl (C=O) groups is 1. The summed E-state index contributed by atoms with van der Waals surface area (Å²) < 4.78 is 1.53. The lowest BCUT2D eigenvalue weighted by atomic mass is 10.5. The van der Waals surface area contributed by atoms with E-state index in [0.717, 1.165) is 0 Å². The van der Waals surface area contributed by atoms with E-state index in [1.165, 1.54) is 10.6 Å². The Morgan fingerprint density at radius 3 is 2.50 bits per heavy atom. The molecule has 2 nitrogen and oxygen atoms in total. The molecule has 0 unspecified atom stereocenters. The summed E-state index contributed by atoms with van der Waals surface area (Å²) >= 11 is 0. The van der Waals surface area contributed by atoms with Gasteiger partial charge in [0.05, 0.1) is 0 Å². The first kappa shape index (κ1) is 6.81. The molecule has 0 radical (unpaired) electrons. The van der Waals surface area contributed by atoms with Crippen molar-refractivity contribution in [3.63, 3.8) is 0 Å². The van der Waals surface area contributed by atoms with E-state index in [9.17, 15) is 4.79 Å². The molecule has 0 N–H and O–H groups in total. The summed E-state index contributed by atoms with van der Waals surface area (Å²) in [6.07, 6.45) is 6.70. The minimum absolute atomic E-state index is 0.00694. The highest BCUT2D eigenvalue weighted by Gasteiger charge is 1.93. The molecule has 52 valence electrons. The van der Waals surface area contributed by atoms with E-state index < -0.39 is 0 Å². The molecule has 1 aromatic heterocycles. The van der Waals surface area contributed by atoms with Crippen LogP contribution in [0, 0.1) is 0 Å². The fourth-order valence-electron chi connectivity index (χ4n) is 0.710. The maximum absolute atomic E-state index is 11.0. The lowest BCUT2D eigenvalue weighted by molar-refractivity contribution is 0.0969. The molecular formula is C8H9NO. The zero-order valence-electron chi connectivity index (χ0n) is 5.82. The molecule has 0 amide bonds. The Morgan fingerprint density at radius 2 is 2.00 bits per heavy atom. The Kier molecular flexibility index (Phi) is 2.05. The molecular weight excluding hydrogens is 126 g/mol. The number of hydrogen-bond donors (Lipinski definition) is 0. The Balaban J connectivity index is 2.78. The highest BCUT2D eigenvalue weighted by molar-refractivity contribution is 5.89. The molecule has 0 spiro atoms.